The second-order valence-electron chi connectivity index (χ2n) is 4.36. The van der Waals surface area contributed by atoms with Crippen molar-refractivity contribution in [2.24, 2.45) is 0 Å². The molecule has 0 bridgehead atoms. The zero-order chi connectivity index (χ0) is 15.3. The Morgan fingerprint density at radius 1 is 1.55 bits per heavy atom. The molecular weight excluding hydrogens is 262 g/mol. The van der Waals surface area contributed by atoms with Crippen molar-refractivity contribution in [3.63, 3.8) is 0 Å². The average molecular weight is 281 g/mol. The van der Waals surface area contributed by atoms with Gasteiger partial charge in [0, 0.05) is 31.4 Å². The number of ether oxygens (including phenoxy) is 1. The van der Waals surface area contributed by atoms with Crippen molar-refractivity contribution in [1.29, 1.82) is 0 Å². The summed E-state index contributed by atoms with van der Waals surface area (Å²) in [5.41, 5.74) is 0.487. The van der Waals surface area contributed by atoms with Gasteiger partial charge in [-0.2, -0.15) is 0 Å². The van der Waals surface area contributed by atoms with Crippen molar-refractivity contribution in [1.82, 2.24) is 4.90 Å². The fourth-order valence-corrected chi connectivity index (χ4v) is 1.72. The summed E-state index contributed by atoms with van der Waals surface area (Å²) in [6.07, 6.45) is 0. The van der Waals surface area contributed by atoms with Crippen LogP contribution in [0.3, 0.4) is 0 Å². The molecule has 1 atom stereocenters. The summed E-state index contributed by atoms with van der Waals surface area (Å²) < 4.78 is 4.98. The summed E-state index contributed by atoms with van der Waals surface area (Å²) in [6, 6.07) is 3.98. The fourth-order valence-electron chi connectivity index (χ4n) is 1.72. The van der Waals surface area contributed by atoms with E-state index in [1.165, 1.54) is 19.2 Å². The molecular formula is C13H19N3O4. The van der Waals surface area contributed by atoms with Crippen molar-refractivity contribution >= 4 is 17.3 Å². The maximum absolute atomic E-state index is 11.9. The quantitative estimate of drug-likeness (QED) is 0.635. The molecule has 1 amide bonds. The maximum Gasteiger partial charge on any atom is 0.311 e. The Kier molecular flexibility index (Phi) is 5.31. The molecule has 1 N–H and O–H groups in total. The molecule has 1 aromatic carbocycles. The molecule has 0 heterocycles. The number of hydrogen-bond donors (Lipinski definition) is 1. The van der Waals surface area contributed by atoms with E-state index in [0.717, 1.165) is 0 Å². The molecule has 0 saturated heterocycles. The lowest BCUT2D eigenvalue weighted by atomic mass is 10.2. The van der Waals surface area contributed by atoms with Crippen molar-refractivity contribution in [3.8, 4) is 5.75 Å². The summed E-state index contributed by atoms with van der Waals surface area (Å²) >= 11 is 0. The molecule has 0 aromatic heterocycles. The Morgan fingerprint density at radius 2 is 2.20 bits per heavy atom. The van der Waals surface area contributed by atoms with Gasteiger partial charge in [0.05, 0.1) is 12.0 Å². The second kappa shape index (κ2) is 6.74. The van der Waals surface area contributed by atoms with E-state index in [0.29, 0.717) is 12.2 Å². The molecule has 0 fully saturated rings. The number of nitro groups is 1. The number of nitrogens with zero attached hydrogens (tertiary/aromatic N) is 2. The first kappa shape index (κ1) is 15.7. The Hall–Kier alpha value is -2.31. The van der Waals surface area contributed by atoms with E-state index < -0.39 is 11.0 Å². The molecule has 0 aliphatic rings. The van der Waals surface area contributed by atoms with E-state index >= 15 is 0 Å². The third kappa shape index (κ3) is 3.59. The third-order valence-corrected chi connectivity index (χ3v) is 2.98. The molecule has 110 valence electrons. The zero-order valence-electron chi connectivity index (χ0n) is 12.0. The lowest BCUT2D eigenvalue weighted by molar-refractivity contribution is -0.385. The number of nitrogens with one attached hydrogen (secondary N) is 1. The molecule has 0 radical (unpaired) electrons. The molecule has 1 rings (SSSR count). The molecule has 20 heavy (non-hydrogen) atoms. The molecule has 0 aliphatic carbocycles. The van der Waals surface area contributed by atoms with Gasteiger partial charge in [0.25, 0.3) is 0 Å². The van der Waals surface area contributed by atoms with E-state index in [9.17, 15) is 14.9 Å². The van der Waals surface area contributed by atoms with E-state index in [2.05, 4.69) is 5.32 Å². The largest absolute Gasteiger partial charge is 0.490 e. The minimum Gasteiger partial charge on any atom is -0.490 e. The van der Waals surface area contributed by atoms with Crippen LogP contribution in [0.15, 0.2) is 18.2 Å². The highest BCUT2D eigenvalue weighted by molar-refractivity contribution is 5.84. The van der Waals surface area contributed by atoms with E-state index in [1.54, 1.807) is 24.9 Å². The van der Waals surface area contributed by atoms with Gasteiger partial charge in [-0.15, -0.1) is 0 Å². The monoisotopic (exact) mass is 281 g/mol. The number of methoxy groups -OCH3 is 1. The van der Waals surface area contributed by atoms with Gasteiger partial charge in [-0.05, 0) is 19.9 Å². The SMILES string of the molecule is CCN(C)C(=O)C(C)Nc1ccc([N+](=O)[O-])c(OC)c1. The van der Waals surface area contributed by atoms with Gasteiger partial charge in [-0.1, -0.05) is 0 Å². The Bertz CT molecular complexity index is 504. The van der Waals surface area contributed by atoms with Gasteiger partial charge in [0.15, 0.2) is 5.75 Å². The number of likely N-dealkylation sites (N-methyl/N-ethyl adjacent to an activating group) is 1. The minimum absolute atomic E-state index is 0.0511. The lowest BCUT2D eigenvalue weighted by Gasteiger charge is -2.21. The highest BCUT2D eigenvalue weighted by Crippen LogP contribution is 2.29. The van der Waals surface area contributed by atoms with Gasteiger partial charge >= 0.3 is 5.69 Å². The number of nitro benzene ring substituents is 1. The van der Waals surface area contributed by atoms with Crippen LogP contribution in [0, 0.1) is 10.1 Å². The van der Waals surface area contributed by atoms with Crippen LogP contribution in [-0.4, -0.2) is 42.5 Å². The van der Waals surface area contributed by atoms with Gasteiger partial charge in [-0.25, -0.2) is 0 Å². The third-order valence-electron chi connectivity index (χ3n) is 2.98. The number of rotatable bonds is 6. The average Bonchev–Trinajstić information content (AvgIpc) is 2.44. The van der Waals surface area contributed by atoms with Crippen molar-refractivity contribution < 1.29 is 14.5 Å². The molecule has 0 saturated carbocycles. The van der Waals surface area contributed by atoms with Crippen LogP contribution < -0.4 is 10.1 Å². The maximum atomic E-state index is 11.9. The molecule has 0 spiro atoms. The lowest BCUT2D eigenvalue weighted by Crippen LogP contribution is -2.38. The number of anilines is 1. The molecule has 7 heteroatoms. The van der Waals surface area contributed by atoms with Crippen molar-refractivity contribution in [2.45, 2.75) is 19.9 Å². The number of amides is 1. The molecule has 0 aliphatic heterocycles. The first-order valence-electron chi connectivity index (χ1n) is 6.24. The Morgan fingerprint density at radius 3 is 2.70 bits per heavy atom. The van der Waals surface area contributed by atoms with E-state index in [4.69, 9.17) is 4.74 Å². The van der Waals surface area contributed by atoms with Crippen molar-refractivity contribution in [3.05, 3.63) is 28.3 Å². The van der Waals surface area contributed by atoms with Crippen LogP contribution in [0.25, 0.3) is 0 Å². The van der Waals surface area contributed by atoms with Crippen LogP contribution in [0.2, 0.25) is 0 Å². The molecule has 1 aromatic rings. The summed E-state index contributed by atoms with van der Waals surface area (Å²) in [7, 11) is 3.09. The summed E-state index contributed by atoms with van der Waals surface area (Å²) in [5, 5.41) is 13.8. The summed E-state index contributed by atoms with van der Waals surface area (Å²) in [5.74, 6) is 0.105. The predicted molar refractivity (Wildman–Crippen MR) is 76.0 cm³/mol. The minimum atomic E-state index is -0.512. The van der Waals surface area contributed by atoms with Crippen molar-refractivity contribution in [2.75, 3.05) is 26.0 Å². The molecule has 1 unspecified atom stereocenters. The summed E-state index contributed by atoms with van der Waals surface area (Å²) in [4.78, 5) is 23.8. The highest BCUT2D eigenvalue weighted by Gasteiger charge is 2.19. The van der Waals surface area contributed by atoms with Gasteiger partial charge in [0.2, 0.25) is 5.91 Å². The zero-order valence-corrected chi connectivity index (χ0v) is 12.0. The van der Waals surface area contributed by atoms with Gasteiger partial charge in [0.1, 0.15) is 6.04 Å². The fraction of sp³-hybridized carbons (Fsp3) is 0.462. The van der Waals surface area contributed by atoms with Gasteiger partial charge in [-0.3, -0.25) is 14.9 Å². The predicted octanol–water partition coefficient (Wildman–Crippen LogP) is 1.88. The Labute approximate surface area is 117 Å². The number of carbonyl (C=O) groups is 1. The first-order valence-corrected chi connectivity index (χ1v) is 6.24. The van der Waals surface area contributed by atoms with E-state index in [1.807, 2.05) is 6.92 Å². The highest BCUT2D eigenvalue weighted by atomic mass is 16.6. The van der Waals surface area contributed by atoms with Gasteiger partial charge < -0.3 is 15.0 Å². The smallest absolute Gasteiger partial charge is 0.311 e. The normalized spacial score (nSPS) is 11.6. The van der Waals surface area contributed by atoms with Crippen LogP contribution in [0.1, 0.15) is 13.8 Å². The van der Waals surface area contributed by atoms with Crippen LogP contribution >= 0.6 is 0 Å². The first-order chi connectivity index (χ1) is 9.40. The van der Waals surface area contributed by atoms with Crippen LogP contribution in [0.4, 0.5) is 11.4 Å². The van der Waals surface area contributed by atoms with Crippen LogP contribution in [0.5, 0.6) is 5.75 Å². The van der Waals surface area contributed by atoms with Crippen LogP contribution in [-0.2, 0) is 4.79 Å². The number of carbonyl (C=O) groups excluding carboxylic acids is 1. The summed E-state index contributed by atoms with van der Waals surface area (Å²) in [6.45, 7) is 4.25. The molecule has 7 nitrogen and oxygen atoms in total. The standard InChI is InChI=1S/C13H19N3O4/c1-5-15(3)13(17)9(2)14-10-6-7-11(16(18)19)12(8-10)20-4/h6-9,14H,5H2,1-4H3. The second-order valence-corrected chi connectivity index (χ2v) is 4.36. The van der Waals surface area contributed by atoms with E-state index in [-0.39, 0.29) is 17.3 Å². The number of benzene rings is 1. The topological polar surface area (TPSA) is 84.7 Å². The number of hydrogen-bond acceptors (Lipinski definition) is 5. The Balaban J connectivity index is 2.88.